The van der Waals surface area contributed by atoms with Crippen LogP contribution >= 0.6 is 0 Å². The van der Waals surface area contributed by atoms with E-state index >= 15 is 0 Å². The van der Waals surface area contributed by atoms with Crippen molar-refractivity contribution in [2.24, 2.45) is 0 Å². The lowest BCUT2D eigenvalue weighted by Gasteiger charge is -2.32. The molecule has 34 heavy (non-hydrogen) atoms. The molecule has 1 amide bonds. The van der Waals surface area contributed by atoms with Crippen LogP contribution in [0.25, 0.3) is 5.70 Å². The van der Waals surface area contributed by atoms with Gasteiger partial charge in [0, 0.05) is 6.07 Å². The maximum atomic E-state index is 14.1. The SMILES string of the molecule is Cc1ccc([C@@H]2C=C(c3ccccc3)N(CC(=O)Nc3cc(F)ccc3F)c3nnnn32)cc1. The van der Waals surface area contributed by atoms with E-state index in [0.29, 0.717) is 5.95 Å². The maximum absolute atomic E-state index is 14.1. The van der Waals surface area contributed by atoms with Crippen molar-refractivity contribution in [2.45, 2.75) is 13.0 Å². The second kappa shape index (κ2) is 8.86. The number of aryl methyl sites for hydroxylation is 1. The van der Waals surface area contributed by atoms with Gasteiger partial charge >= 0.3 is 0 Å². The van der Waals surface area contributed by atoms with E-state index in [4.69, 9.17) is 0 Å². The highest BCUT2D eigenvalue weighted by Gasteiger charge is 2.32. The summed E-state index contributed by atoms with van der Waals surface area (Å²) in [6.45, 7) is 1.80. The monoisotopic (exact) mass is 458 g/mol. The zero-order valence-electron chi connectivity index (χ0n) is 18.2. The van der Waals surface area contributed by atoms with Gasteiger partial charge < -0.3 is 5.32 Å². The standard InChI is InChI=1S/C25H20F2N6O/c1-16-7-9-18(10-8-16)23-14-22(17-5-3-2-4-6-17)32(25-29-30-31-33(23)25)15-24(34)28-21-13-19(26)11-12-20(21)27/h2-14,23H,15H2,1H3,(H,28,34)/t23-/m0/s1. The highest BCUT2D eigenvalue weighted by Crippen LogP contribution is 2.36. The molecule has 0 fully saturated rings. The number of benzene rings is 3. The minimum absolute atomic E-state index is 0.211. The molecule has 1 aliphatic rings. The number of hydrogen-bond donors (Lipinski definition) is 1. The highest BCUT2D eigenvalue weighted by atomic mass is 19.1. The molecule has 0 unspecified atom stereocenters. The van der Waals surface area contributed by atoms with Gasteiger partial charge in [0.25, 0.3) is 5.95 Å². The fourth-order valence-corrected chi connectivity index (χ4v) is 3.91. The third-order valence-corrected chi connectivity index (χ3v) is 5.58. The van der Waals surface area contributed by atoms with Crippen molar-refractivity contribution in [3.05, 3.63) is 107 Å². The molecule has 1 N–H and O–H groups in total. The summed E-state index contributed by atoms with van der Waals surface area (Å²) in [4.78, 5) is 14.6. The number of hydrogen-bond acceptors (Lipinski definition) is 5. The van der Waals surface area contributed by atoms with Crippen LogP contribution in [0.5, 0.6) is 0 Å². The molecular weight excluding hydrogens is 438 g/mol. The number of carbonyl (C=O) groups excluding carboxylic acids is 1. The Balaban J connectivity index is 1.53. The first-order valence-corrected chi connectivity index (χ1v) is 10.6. The Morgan fingerprint density at radius 3 is 2.56 bits per heavy atom. The molecule has 0 saturated carbocycles. The molecule has 0 bridgehead atoms. The first-order chi connectivity index (χ1) is 16.5. The number of rotatable bonds is 5. The first-order valence-electron chi connectivity index (χ1n) is 10.6. The van der Waals surface area contributed by atoms with Crippen molar-refractivity contribution in [2.75, 3.05) is 16.8 Å². The predicted molar refractivity (Wildman–Crippen MR) is 124 cm³/mol. The molecule has 1 aromatic heterocycles. The summed E-state index contributed by atoms with van der Waals surface area (Å²) in [7, 11) is 0. The second-order valence-electron chi connectivity index (χ2n) is 7.96. The number of anilines is 2. The van der Waals surface area contributed by atoms with Gasteiger partial charge in [-0.3, -0.25) is 9.69 Å². The number of amides is 1. The number of nitrogens with one attached hydrogen (secondary N) is 1. The molecule has 170 valence electrons. The van der Waals surface area contributed by atoms with Crippen molar-refractivity contribution in [3.8, 4) is 0 Å². The molecule has 4 aromatic rings. The molecule has 9 heteroatoms. The molecule has 0 saturated heterocycles. The number of tetrazole rings is 1. The van der Waals surface area contributed by atoms with E-state index in [9.17, 15) is 13.6 Å². The van der Waals surface area contributed by atoms with Crippen LogP contribution in [0.3, 0.4) is 0 Å². The van der Waals surface area contributed by atoms with Gasteiger partial charge in [0.1, 0.15) is 24.2 Å². The summed E-state index contributed by atoms with van der Waals surface area (Å²) < 4.78 is 29.3. The number of halogens is 2. The third-order valence-electron chi connectivity index (χ3n) is 5.58. The molecule has 5 rings (SSSR count). The Morgan fingerprint density at radius 1 is 1.03 bits per heavy atom. The smallest absolute Gasteiger partial charge is 0.251 e. The lowest BCUT2D eigenvalue weighted by Crippen LogP contribution is -2.37. The van der Waals surface area contributed by atoms with E-state index in [1.807, 2.05) is 67.6 Å². The fourth-order valence-electron chi connectivity index (χ4n) is 3.91. The van der Waals surface area contributed by atoms with Crippen LogP contribution < -0.4 is 10.2 Å². The Hall–Kier alpha value is -4.40. The summed E-state index contributed by atoms with van der Waals surface area (Å²) in [6.07, 6.45) is 1.99. The maximum Gasteiger partial charge on any atom is 0.251 e. The molecule has 7 nitrogen and oxygen atoms in total. The number of allylic oxidation sites excluding steroid dienone is 1. The van der Waals surface area contributed by atoms with Gasteiger partial charge in [-0.05, 0) is 46.7 Å². The van der Waals surface area contributed by atoms with E-state index in [-0.39, 0.29) is 18.3 Å². The number of nitrogens with zero attached hydrogens (tertiary/aromatic N) is 5. The van der Waals surface area contributed by atoms with Crippen LogP contribution in [0.4, 0.5) is 20.4 Å². The minimum Gasteiger partial charge on any atom is -0.322 e. The van der Waals surface area contributed by atoms with E-state index < -0.39 is 17.5 Å². The Labute approximate surface area is 194 Å². The van der Waals surface area contributed by atoms with Crippen molar-refractivity contribution in [1.82, 2.24) is 20.2 Å². The van der Waals surface area contributed by atoms with Crippen LogP contribution in [-0.4, -0.2) is 32.7 Å². The summed E-state index contributed by atoms with van der Waals surface area (Å²) >= 11 is 0. The number of aromatic nitrogens is 4. The molecule has 0 aliphatic carbocycles. The number of carbonyl (C=O) groups is 1. The van der Waals surface area contributed by atoms with Gasteiger partial charge in [-0.1, -0.05) is 65.3 Å². The summed E-state index contributed by atoms with van der Waals surface area (Å²) in [5.41, 5.74) is 3.47. The van der Waals surface area contributed by atoms with Crippen LogP contribution in [0.1, 0.15) is 22.7 Å². The Kier molecular flexibility index (Phi) is 5.59. The summed E-state index contributed by atoms with van der Waals surface area (Å²) in [5.74, 6) is -1.56. The first kappa shape index (κ1) is 21.4. The van der Waals surface area contributed by atoms with E-state index in [1.54, 1.807) is 9.58 Å². The second-order valence-corrected chi connectivity index (χ2v) is 7.96. The van der Waals surface area contributed by atoms with Crippen molar-refractivity contribution in [3.63, 3.8) is 0 Å². The van der Waals surface area contributed by atoms with Gasteiger partial charge in [0.15, 0.2) is 0 Å². The quantitative estimate of drug-likeness (QED) is 0.481. The van der Waals surface area contributed by atoms with E-state index in [2.05, 4.69) is 20.8 Å². The van der Waals surface area contributed by atoms with Gasteiger partial charge in [-0.25, -0.2) is 8.78 Å². The lowest BCUT2D eigenvalue weighted by atomic mass is 10.00. The predicted octanol–water partition coefficient (Wildman–Crippen LogP) is 4.35. The Bertz CT molecular complexity index is 1370. The van der Waals surface area contributed by atoms with Crippen LogP contribution in [0.2, 0.25) is 0 Å². The molecule has 2 heterocycles. The minimum atomic E-state index is -0.725. The van der Waals surface area contributed by atoms with Crippen molar-refractivity contribution < 1.29 is 13.6 Å². The fraction of sp³-hybridized carbons (Fsp3) is 0.120. The normalized spacial score (nSPS) is 15.0. The van der Waals surface area contributed by atoms with Gasteiger partial charge in [-0.15, -0.1) is 0 Å². The number of fused-ring (bicyclic) bond motifs is 1. The molecule has 3 aromatic carbocycles. The molecule has 1 aliphatic heterocycles. The van der Waals surface area contributed by atoms with E-state index in [0.717, 1.165) is 40.6 Å². The lowest BCUT2D eigenvalue weighted by molar-refractivity contribution is -0.114. The topological polar surface area (TPSA) is 75.9 Å². The van der Waals surface area contributed by atoms with Gasteiger partial charge in [0.2, 0.25) is 5.91 Å². The van der Waals surface area contributed by atoms with Gasteiger partial charge in [0.05, 0.1) is 11.4 Å². The van der Waals surface area contributed by atoms with E-state index in [1.165, 1.54) is 0 Å². The third kappa shape index (κ3) is 4.15. The largest absolute Gasteiger partial charge is 0.322 e. The molecule has 1 atom stereocenters. The van der Waals surface area contributed by atoms with Crippen LogP contribution in [-0.2, 0) is 4.79 Å². The summed E-state index contributed by atoms with van der Waals surface area (Å²) in [5, 5.41) is 14.6. The average Bonchev–Trinajstić information content (AvgIpc) is 3.33. The van der Waals surface area contributed by atoms with Crippen LogP contribution in [0, 0.1) is 18.6 Å². The van der Waals surface area contributed by atoms with Crippen molar-refractivity contribution in [1.29, 1.82) is 0 Å². The molecule has 0 radical (unpaired) electrons. The highest BCUT2D eigenvalue weighted by molar-refractivity contribution is 5.97. The molecule has 0 spiro atoms. The van der Waals surface area contributed by atoms with Gasteiger partial charge in [-0.2, -0.15) is 4.68 Å². The Morgan fingerprint density at radius 2 is 1.79 bits per heavy atom. The summed E-state index contributed by atoms with van der Waals surface area (Å²) in [6, 6.07) is 20.2. The van der Waals surface area contributed by atoms with Crippen LogP contribution in [0.15, 0.2) is 78.9 Å². The molecular formula is C25H20F2N6O. The zero-order chi connectivity index (χ0) is 23.7. The zero-order valence-corrected chi connectivity index (χ0v) is 18.2. The van der Waals surface area contributed by atoms with Crippen molar-refractivity contribution >= 4 is 23.2 Å². The average molecular weight is 458 g/mol.